The predicted molar refractivity (Wildman–Crippen MR) is 101 cm³/mol. The lowest BCUT2D eigenvalue weighted by molar-refractivity contribution is -0.123. The van der Waals surface area contributed by atoms with Crippen LogP contribution in [0, 0.1) is 0 Å². The third-order valence-electron chi connectivity index (χ3n) is 3.78. The van der Waals surface area contributed by atoms with E-state index >= 15 is 0 Å². The zero-order valence-electron chi connectivity index (χ0n) is 15.0. The van der Waals surface area contributed by atoms with Gasteiger partial charge < -0.3 is 9.47 Å². The van der Waals surface area contributed by atoms with Crippen LogP contribution in [0.1, 0.15) is 39.7 Å². The number of nitrogens with zero attached hydrogens (tertiary/aromatic N) is 1. The van der Waals surface area contributed by atoms with Gasteiger partial charge in [0.25, 0.3) is 11.1 Å². The minimum atomic E-state index is -0.292. The Morgan fingerprint density at radius 2 is 1.96 bits per heavy atom. The summed E-state index contributed by atoms with van der Waals surface area (Å²) in [6, 6.07) is 3.26. The number of halogens is 1. The van der Waals surface area contributed by atoms with E-state index in [1.165, 1.54) is 12.0 Å². The first kappa shape index (κ1) is 19.7. The average molecular weight is 384 g/mol. The van der Waals surface area contributed by atoms with Gasteiger partial charge in [-0.25, -0.2) is 0 Å². The van der Waals surface area contributed by atoms with Crippen LogP contribution in [0.25, 0.3) is 6.08 Å². The minimum absolute atomic E-state index is 0.000193. The van der Waals surface area contributed by atoms with Crippen LogP contribution in [0.2, 0.25) is 5.02 Å². The molecule has 25 heavy (non-hydrogen) atoms. The van der Waals surface area contributed by atoms with E-state index in [0.717, 1.165) is 18.2 Å². The van der Waals surface area contributed by atoms with E-state index in [4.69, 9.17) is 21.1 Å². The molecule has 5 nitrogen and oxygen atoms in total. The fourth-order valence-electron chi connectivity index (χ4n) is 2.30. The van der Waals surface area contributed by atoms with Gasteiger partial charge in [-0.3, -0.25) is 14.5 Å². The highest BCUT2D eigenvalue weighted by molar-refractivity contribution is 8.18. The molecule has 1 fully saturated rings. The Morgan fingerprint density at radius 1 is 1.28 bits per heavy atom. The van der Waals surface area contributed by atoms with Gasteiger partial charge in [0.2, 0.25) is 0 Å². The van der Waals surface area contributed by atoms with Crippen LogP contribution in [0.5, 0.6) is 11.5 Å². The molecule has 0 saturated carbocycles. The zero-order valence-corrected chi connectivity index (χ0v) is 16.5. The van der Waals surface area contributed by atoms with Gasteiger partial charge in [0.1, 0.15) is 0 Å². The van der Waals surface area contributed by atoms with Gasteiger partial charge in [-0.15, -0.1) is 0 Å². The Morgan fingerprint density at radius 3 is 2.48 bits per heavy atom. The predicted octanol–water partition coefficient (Wildman–Crippen LogP) is 4.97. The monoisotopic (exact) mass is 383 g/mol. The molecule has 2 rings (SSSR count). The summed E-state index contributed by atoms with van der Waals surface area (Å²) < 4.78 is 11.2. The van der Waals surface area contributed by atoms with E-state index < -0.39 is 0 Å². The van der Waals surface area contributed by atoms with Gasteiger partial charge in [0.15, 0.2) is 11.5 Å². The van der Waals surface area contributed by atoms with Crippen molar-refractivity contribution >= 4 is 40.6 Å². The summed E-state index contributed by atoms with van der Waals surface area (Å²) >= 11 is 7.27. The van der Waals surface area contributed by atoms with E-state index in [-0.39, 0.29) is 23.3 Å². The van der Waals surface area contributed by atoms with Gasteiger partial charge in [-0.1, -0.05) is 18.5 Å². The second kappa shape index (κ2) is 8.15. The van der Waals surface area contributed by atoms with E-state index in [2.05, 4.69) is 0 Å². The largest absolute Gasteiger partial charge is 0.493 e. The highest BCUT2D eigenvalue weighted by Gasteiger charge is 2.36. The number of benzene rings is 1. The van der Waals surface area contributed by atoms with Crippen LogP contribution in [0.4, 0.5) is 4.79 Å². The molecule has 7 heteroatoms. The van der Waals surface area contributed by atoms with Crippen molar-refractivity contribution in [3.8, 4) is 11.5 Å². The number of thioether (sulfide) groups is 1. The van der Waals surface area contributed by atoms with Gasteiger partial charge in [-0.05, 0) is 62.7 Å². The summed E-state index contributed by atoms with van der Waals surface area (Å²) in [6.45, 7) is 7.58. The van der Waals surface area contributed by atoms with Crippen molar-refractivity contribution in [3.05, 3.63) is 27.6 Å². The minimum Gasteiger partial charge on any atom is -0.493 e. The Hall–Kier alpha value is -1.66. The lowest BCUT2D eigenvalue weighted by Crippen LogP contribution is -2.34. The SMILES string of the molecule is CC[C@H](C)Oc1c(Cl)cc(/C=C2/SC(=O)N(C(C)C)C2=O)cc1OC. The molecule has 1 aliphatic rings. The van der Waals surface area contributed by atoms with Gasteiger partial charge in [0.05, 0.1) is 23.1 Å². The lowest BCUT2D eigenvalue weighted by Gasteiger charge is -2.17. The van der Waals surface area contributed by atoms with Crippen molar-refractivity contribution in [2.45, 2.75) is 46.3 Å². The third kappa shape index (κ3) is 4.30. The van der Waals surface area contributed by atoms with Crippen LogP contribution < -0.4 is 9.47 Å². The molecule has 0 radical (unpaired) electrons. The number of rotatable bonds is 6. The van der Waals surface area contributed by atoms with Crippen molar-refractivity contribution < 1.29 is 19.1 Å². The van der Waals surface area contributed by atoms with E-state index in [1.807, 2.05) is 13.8 Å². The molecule has 1 aromatic carbocycles. The number of ether oxygens (including phenoxy) is 2. The number of amides is 2. The lowest BCUT2D eigenvalue weighted by atomic mass is 10.1. The molecule has 136 valence electrons. The number of hydrogen-bond acceptors (Lipinski definition) is 5. The molecule has 1 saturated heterocycles. The van der Waals surface area contributed by atoms with Crippen LogP contribution >= 0.6 is 23.4 Å². The molecule has 0 spiro atoms. The molecule has 1 aromatic rings. The van der Waals surface area contributed by atoms with E-state index in [1.54, 1.807) is 32.1 Å². The maximum atomic E-state index is 12.4. The van der Waals surface area contributed by atoms with Crippen molar-refractivity contribution in [3.63, 3.8) is 0 Å². The summed E-state index contributed by atoms with van der Waals surface area (Å²) in [4.78, 5) is 26.0. The highest BCUT2D eigenvalue weighted by atomic mass is 35.5. The fourth-order valence-corrected chi connectivity index (χ4v) is 3.52. The van der Waals surface area contributed by atoms with Crippen molar-refractivity contribution in [1.29, 1.82) is 0 Å². The molecule has 2 amide bonds. The van der Waals surface area contributed by atoms with Crippen molar-refractivity contribution in [2.24, 2.45) is 0 Å². The number of carbonyl (C=O) groups is 2. The first-order valence-electron chi connectivity index (χ1n) is 8.09. The standard InChI is InChI=1S/C18H22ClNO4S/c1-6-11(4)24-16-13(19)7-12(8-14(16)23-5)9-15-17(21)20(10(2)3)18(22)25-15/h7-11H,6H2,1-5H3/b15-9+/t11-/m0/s1. The summed E-state index contributed by atoms with van der Waals surface area (Å²) in [5.41, 5.74) is 0.674. The van der Waals surface area contributed by atoms with E-state index in [0.29, 0.717) is 27.0 Å². The molecular weight excluding hydrogens is 362 g/mol. The second-order valence-corrected chi connectivity index (χ2v) is 7.42. The second-order valence-electron chi connectivity index (χ2n) is 6.02. The molecular formula is C18H22ClNO4S. The van der Waals surface area contributed by atoms with E-state index in [9.17, 15) is 9.59 Å². The maximum Gasteiger partial charge on any atom is 0.293 e. The number of imide groups is 1. The van der Waals surface area contributed by atoms with Crippen LogP contribution in [-0.4, -0.2) is 35.3 Å². The molecule has 0 bridgehead atoms. The number of carbonyl (C=O) groups excluding carboxylic acids is 2. The Kier molecular flexibility index (Phi) is 6.41. The van der Waals surface area contributed by atoms with Gasteiger partial charge >= 0.3 is 0 Å². The van der Waals surface area contributed by atoms with Crippen LogP contribution in [0.15, 0.2) is 17.0 Å². The molecule has 1 aliphatic heterocycles. The summed E-state index contributed by atoms with van der Waals surface area (Å²) in [7, 11) is 1.53. The third-order valence-corrected chi connectivity index (χ3v) is 4.95. The topological polar surface area (TPSA) is 55.8 Å². The Balaban J connectivity index is 2.36. The smallest absolute Gasteiger partial charge is 0.293 e. The summed E-state index contributed by atoms with van der Waals surface area (Å²) in [5.74, 6) is 0.674. The summed E-state index contributed by atoms with van der Waals surface area (Å²) in [5, 5.41) is 0.134. The molecule has 0 N–H and O–H groups in total. The summed E-state index contributed by atoms with van der Waals surface area (Å²) in [6.07, 6.45) is 2.48. The number of hydrogen-bond donors (Lipinski definition) is 0. The van der Waals surface area contributed by atoms with Crippen molar-refractivity contribution in [1.82, 2.24) is 4.90 Å². The Bertz CT molecular complexity index is 717. The van der Waals surface area contributed by atoms with Gasteiger partial charge in [-0.2, -0.15) is 0 Å². The Labute approximate surface area is 157 Å². The molecule has 0 aliphatic carbocycles. The average Bonchev–Trinajstić information content (AvgIpc) is 2.83. The number of methoxy groups -OCH3 is 1. The maximum absolute atomic E-state index is 12.4. The van der Waals surface area contributed by atoms with Crippen LogP contribution in [-0.2, 0) is 4.79 Å². The molecule has 0 unspecified atom stereocenters. The van der Waals surface area contributed by atoms with Gasteiger partial charge in [0, 0.05) is 6.04 Å². The molecule has 1 heterocycles. The molecule has 1 atom stereocenters. The zero-order chi connectivity index (χ0) is 18.7. The highest BCUT2D eigenvalue weighted by Crippen LogP contribution is 2.39. The molecule has 0 aromatic heterocycles. The fraction of sp³-hybridized carbons (Fsp3) is 0.444. The normalized spacial score (nSPS) is 17.6. The van der Waals surface area contributed by atoms with Crippen LogP contribution in [0.3, 0.4) is 0 Å². The van der Waals surface area contributed by atoms with Crippen molar-refractivity contribution in [2.75, 3.05) is 7.11 Å². The first-order valence-corrected chi connectivity index (χ1v) is 9.29. The first-order chi connectivity index (χ1) is 11.8. The quantitative estimate of drug-likeness (QED) is 0.649.